The monoisotopic (exact) mass is 424 g/mol. The topological polar surface area (TPSA) is 90.8 Å². The number of aromatic nitrogens is 2. The summed E-state index contributed by atoms with van der Waals surface area (Å²) in [5.74, 6) is -0.769. The molecule has 1 saturated heterocycles. The summed E-state index contributed by atoms with van der Waals surface area (Å²) < 4.78 is 1.49. The van der Waals surface area contributed by atoms with Crippen LogP contribution in [0.3, 0.4) is 0 Å². The number of nitrogens with zero attached hydrogens (tertiary/aromatic N) is 5. The van der Waals surface area contributed by atoms with Gasteiger partial charge in [-0.2, -0.15) is 5.10 Å². The minimum Gasteiger partial charge on any atom is -0.350 e. The number of likely N-dealkylation sites (N-methyl/N-ethyl adjacent to an activating group) is 2. The molecule has 2 aliphatic rings. The maximum Gasteiger partial charge on any atom is 0.274 e. The van der Waals surface area contributed by atoms with E-state index < -0.39 is 5.54 Å². The first kappa shape index (κ1) is 21.0. The normalized spacial score (nSPS) is 21.7. The molecule has 164 valence electrons. The number of carbonyl (C=O) groups is 3. The summed E-state index contributed by atoms with van der Waals surface area (Å²) in [6.45, 7) is 5.15. The molecule has 31 heavy (non-hydrogen) atoms. The van der Waals surface area contributed by atoms with E-state index in [2.05, 4.69) is 15.3 Å². The van der Waals surface area contributed by atoms with Crippen molar-refractivity contribution in [2.75, 3.05) is 40.3 Å². The Labute approximate surface area is 181 Å². The van der Waals surface area contributed by atoms with Gasteiger partial charge < -0.3 is 20.0 Å². The van der Waals surface area contributed by atoms with Gasteiger partial charge in [-0.05, 0) is 19.5 Å². The first-order valence-corrected chi connectivity index (χ1v) is 10.5. The van der Waals surface area contributed by atoms with Crippen LogP contribution in [0, 0.1) is 0 Å². The lowest BCUT2D eigenvalue weighted by Gasteiger charge is -2.40. The van der Waals surface area contributed by atoms with E-state index in [0.717, 1.165) is 18.7 Å². The highest BCUT2D eigenvalue weighted by Gasteiger charge is 2.46. The number of piperazine rings is 1. The van der Waals surface area contributed by atoms with Crippen LogP contribution in [-0.2, 0) is 17.9 Å². The molecule has 0 radical (unpaired) electrons. The van der Waals surface area contributed by atoms with Crippen molar-refractivity contribution >= 4 is 17.7 Å². The predicted octanol–water partition coefficient (Wildman–Crippen LogP) is 0.431. The standard InChI is InChI=1S/C22H28N6O3/c1-22(21(31)23-14-16-7-5-4-6-8-16)15-28-18(20(30)26(22)3)13-17(24-28)19(29)27-11-9-25(2)10-12-27/h4-8,13H,9-12,14-15H2,1-3H3,(H,23,31). The van der Waals surface area contributed by atoms with Crippen LogP contribution in [0.15, 0.2) is 36.4 Å². The molecule has 1 fully saturated rings. The number of carbonyl (C=O) groups excluding carboxylic acids is 3. The van der Waals surface area contributed by atoms with E-state index in [9.17, 15) is 14.4 Å². The van der Waals surface area contributed by atoms with E-state index in [1.54, 1.807) is 24.9 Å². The SMILES string of the molecule is CN1CCN(C(=O)c2cc3n(n2)CC(C)(C(=O)NCc2ccccc2)N(C)C3=O)CC1. The molecule has 1 atom stereocenters. The third-order valence-corrected chi connectivity index (χ3v) is 6.30. The number of rotatable bonds is 4. The Morgan fingerprint density at radius 1 is 1.10 bits per heavy atom. The maximum atomic E-state index is 13.1. The van der Waals surface area contributed by atoms with Crippen LogP contribution < -0.4 is 5.32 Å². The van der Waals surface area contributed by atoms with Gasteiger partial charge in [0.15, 0.2) is 5.69 Å². The fourth-order valence-corrected chi connectivity index (χ4v) is 3.97. The molecule has 0 aliphatic carbocycles. The smallest absolute Gasteiger partial charge is 0.274 e. The minimum atomic E-state index is -1.11. The Bertz CT molecular complexity index is 996. The maximum absolute atomic E-state index is 13.1. The second-order valence-corrected chi connectivity index (χ2v) is 8.47. The molecule has 2 aliphatic heterocycles. The van der Waals surface area contributed by atoms with E-state index in [1.807, 2.05) is 37.4 Å². The van der Waals surface area contributed by atoms with Gasteiger partial charge in [0, 0.05) is 45.8 Å². The predicted molar refractivity (Wildman–Crippen MR) is 114 cm³/mol. The number of hydrogen-bond donors (Lipinski definition) is 1. The van der Waals surface area contributed by atoms with Crippen molar-refractivity contribution < 1.29 is 14.4 Å². The third kappa shape index (κ3) is 3.93. The van der Waals surface area contributed by atoms with Crippen LogP contribution in [0.4, 0.5) is 0 Å². The quantitative estimate of drug-likeness (QED) is 0.769. The van der Waals surface area contributed by atoms with Crippen LogP contribution in [-0.4, -0.2) is 88.0 Å². The van der Waals surface area contributed by atoms with Crippen LogP contribution in [0.25, 0.3) is 0 Å². The van der Waals surface area contributed by atoms with Gasteiger partial charge in [0.25, 0.3) is 11.8 Å². The fraction of sp³-hybridized carbons (Fsp3) is 0.455. The molecular weight excluding hydrogens is 396 g/mol. The molecule has 1 unspecified atom stereocenters. The molecule has 1 aromatic heterocycles. The number of benzene rings is 1. The summed E-state index contributed by atoms with van der Waals surface area (Å²) in [5.41, 5.74) is 0.437. The molecule has 1 aromatic carbocycles. The van der Waals surface area contributed by atoms with Crippen molar-refractivity contribution in [1.82, 2.24) is 29.8 Å². The van der Waals surface area contributed by atoms with Gasteiger partial charge in [0.05, 0.1) is 6.54 Å². The minimum absolute atomic E-state index is 0.180. The average molecular weight is 425 g/mol. The Hall–Kier alpha value is -3.20. The summed E-state index contributed by atoms with van der Waals surface area (Å²) in [6.07, 6.45) is 0. The largest absolute Gasteiger partial charge is 0.350 e. The van der Waals surface area contributed by atoms with Crippen LogP contribution in [0.1, 0.15) is 33.5 Å². The second-order valence-electron chi connectivity index (χ2n) is 8.47. The van der Waals surface area contributed by atoms with E-state index in [0.29, 0.717) is 25.3 Å². The first-order valence-electron chi connectivity index (χ1n) is 10.5. The third-order valence-electron chi connectivity index (χ3n) is 6.30. The highest BCUT2D eigenvalue weighted by molar-refractivity contribution is 6.01. The zero-order valence-corrected chi connectivity index (χ0v) is 18.2. The molecule has 9 heteroatoms. The van der Waals surface area contributed by atoms with E-state index in [4.69, 9.17) is 0 Å². The number of amides is 3. The van der Waals surface area contributed by atoms with Crippen molar-refractivity contribution in [3.8, 4) is 0 Å². The number of hydrogen-bond acceptors (Lipinski definition) is 5. The number of fused-ring (bicyclic) bond motifs is 1. The zero-order chi connectivity index (χ0) is 22.2. The Balaban J connectivity index is 1.51. The van der Waals surface area contributed by atoms with E-state index >= 15 is 0 Å². The van der Waals surface area contributed by atoms with Crippen molar-refractivity contribution in [3.63, 3.8) is 0 Å². The first-order chi connectivity index (χ1) is 14.8. The van der Waals surface area contributed by atoms with Crippen molar-refractivity contribution in [3.05, 3.63) is 53.3 Å². The zero-order valence-electron chi connectivity index (χ0n) is 18.2. The van der Waals surface area contributed by atoms with Gasteiger partial charge in [-0.1, -0.05) is 30.3 Å². The highest BCUT2D eigenvalue weighted by atomic mass is 16.2. The lowest BCUT2D eigenvalue weighted by atomic mass is 9.96. The molecule has 0 saturated carbocycles. The summed E-state index contributed by atoms with van der Waals surface area (Å²) >= 11 is 0. The van der Waals surface area contributed by atoms with Crippen molar-refractivity contribution in [2.45, 2.75) is 25.6 Å². The molecule has 2 aromatic rings. The van der Waals surface area contributed by atoms with Gasteiger partial charge in [0.1, 0.15) is 11.2 Å². The lowest BCUT2D eigenvalue weighted by Crippen LogP contribution is -2.62. The highest BCUT2D eigenvalue weighted by Crippen LogP contribution is 2.26. The van der Waals surface area contributed by atoms with Crippen molar-refractivity contribution in [2.24, 2.45) is 0 Å². The second kappa shape index (κ2) is 8.14. The number of nitrogens with one attached hydrogen (secondary N) is 1. The van der Waals surface area contributed by atoms with E-state index in [1.165, 1.54) is 9.58 Å². The fourth-order valence-electron chi connectivity index (χ4n) is 3.97. The molecule has 1 N–H and O–H groups in total. The summed E-state index contributed by atoms with van der Waals surface area (Å²) in [5, 5.41) is 7.33. The molecule has 9 nitrogen and oxygen atoms in total. The van der Waals surface area contributed by atoms with Gasteiger partial charge in [0.2, 0.25) is 5.91 Å². The van der Waals surface area contributed by atoms with Crippen LogP contribution in [0.5, 0.6) is 0 Å². The van der Waals surface area contributed by atoms with Gasteiger partial charge >= 0.3 is 0 Å². The molecular formula is C22H28N6O3. The summed E-state index contributed by atoms with van der Waals surface area (Å²) in [6, 6.07) is 11.1. The summed E-state index contributed by atoms with van der Waals surface area (Å²) in [7, 11) is 3.64. The Kier molecular flexibility index (Phi) is 5.53. The molecule has 0 bridgehead atoms. The van der Waals surface area contributed by atoms with Crippen LogP contribution in [0.2, 0.25) is 0 Å². The average Bonchev–Trinajstić information content (AvgIpc) is 3.20. The summed E-state index contributed by atoms with van der Waals surface area (Å²) in [4.78, 5) is 44.3. The lowest BCUT2D eigenvalue weighted by molar-refractivity contribution is -0.132. The van der Waals surface area contributed by atoms with Gasteiger partial charge in [-0.3, -0.25) is 19.1 Å². The molecule has 0 spiro atoms. The molecule has 3 amide bonds. The Morgan fingerprint density at radius 3 is 2.45 bits per heavy atom. The van der Waals surface area contributed by atoms with Crippen LogP contribution >= 0.6 is 0 Å². The molecule has 4 rings (SSSR count). The molecule has 3 heterocycles. The van der Waals surface area contributed by atoms with E-state index in [-0.39, 0.29) is 30.0 Å². The van der Waals surface area contributed by atoms with Gasteiger partial charge in [-0.25, -0.2) is 0 Å². The van der Waals surface area contributed by atoms with Gasteiger partial charge in [-0.15, -0.1) is 0 Å². The Morgan fingerprint density at radius 2 is 1.77 bits per heavy atom. The van der Waals surface area contributed by atoms with Crippen molar-refractivity contribution in [1.29, 1.82) is 0 Å².